The van der Waals surface area contributed by atoms with Gasteiger partial charge in [0.1, 0.15) is 12.1 Å². The van der Waals surface area contributed by atoms with Gasteiger partial charge in [0.25, 0.3) is 0 Å². The molecule has 1 aromatic carbocycles. The lowest BCUT2D eigenvalue weighted by Gasteiger charge is -2.25. The monoisotopic (exact) mass is 386 g/mol. The Kier molecular flexibility index (Phi) is 7.86. The number of Topliss-reactive ketones (excluding diaryl/α,β-unsaturated/α-hetero) is 1. The molecule has 2 rings (SSSR count). The van der Waals surface area contributed by atoms with Crippen molar-refractivity contribution in [2.24, 2.45) is 0 Å². The Morgan fingerprint density at radius 2 is 1.96 bits per heavy atom. The summed E-state index contributed by atoms with van der Waals surface area (Å²) >= 11 is 0. The number of carbonyl (C=O) groups is 4. The molecule has 3 amide bonds. The van der Waals surface area contributed by atoms with Gasteiger partial charge in [0.05, 0.1) is 6.21 Å². The Morgan fingerprint density at radius 3 is 2.61 bits per heavy atom. The molecule has 8 heteroatoms. The second-order valence-electron chi connectivity index (χ2n) is 6.78. The fourth-order valence-electron chi connectivity index (χ4n) is 3.22. The maximum atomic E-state index is 12.6. The Morgan fingerprint density at radius 1 is 1.25 bits per heavy atom. The molecule has 0 bridgehead atoms. The molecule has 0 spiro atoms. The maximum absolute atomic E-state index is 12.6. The van der Waals surface area contributed by atoms with Crippen molar-refractivity contribution in [2.75, 3.05) is 6.54 Å². The van der Waals surface area contributed by atoms with Crippen LogP contribution in [0.15, 0.2) is 30.3 Å². The molecule has 0 aromatic heterocycles. The van der Waals surface area contributed by atoms with Gasteiger partial charge in [0, 0.05) is 26.4 Å². The first-order chi connectivity index (χ1) is 13.4. The molecular formula is C20H26N4O4. The lowest BCUT2D eigenvalue weighted by atomic mass is 10.1. The van der Waals surface area contributed by atoms with Crippen LogP contribution in [0.25, 0.3) is 0 Å². The zero-order valence-corrected chi connectivity index (χ0v) is 15.9. The van der Waals surface area contributed by atoms with Gasteiger partial charge in [-0.3, -0.25) is 19.2 Å². The van der Waals surface area contributed by atoms with Gasteiger partial charge in [0.2, 0.25) is 17.7 Å². The average molecular weight is 386 g/mol. The molecule has 1 aromatic rings. The van der Waals surface area contributed by atoms with Crippen LogP contribution in [0, 0.1) is 5.41 Å². The van der Waals surface area contributed by atoms with E-state index in [0.717, 1.165) is 12.0 Å². The smallest absolute Gasteiger partial charge is 0.243 e. The third-order valence-corrected chi connectivity index (χ3v) is 4.74. The van der Waals surface area contributed by atoms with E-state index in [-0.39, 0.29) is 18.7 Å². The molecule has 2 atom stereocenters. The summed E-state index contributed by atoms with van der Waals surface area (Å²) in [6.45, 7) is 2.23. The molecule has 0 aliphatic carbocycles. The predicted octanol–water partition coefficient (Wildman–Crippen LogP) is 0.797. The van der Waals surface area contributed by atoms with Gasteiger partial charge < -0.3 is 20.9 Å². The SMILES string of the molecule is CC(=O)N1CCC[C@H]1C(=O)N[C@@H](CCC(=O)C=N)C(=O)NCc1ccccc1. The molecule has 28 heavy (non-hydrogen) atoms. The van der Waals surface area contributed by atoms with E-state index >= 15 is 0 Å². The van der Waals surface area contributed by atoms with Crippen LogP contribution < -0.4 is 10.6 Å². The van der Waals surface area contributed by atoms with Crippen molar-refractivity contribution in [1.29, 1.82) is 5.41 Å². The van der Waals surface area contributed by atoms with Crippen LogP contribution >= 0.6 is 0 Å². The predicted molar refractivity (Wildman–Crippen MR) is 104 cm³/mol. The molecule has 1 saturated heterocycles. The van der Waals surface area contributed by atoms with Gasteiger partial charge in [-0.15, -0.1) is 0 Å². The fourth-order valence-corrected chi connectivity index (χ4v) is 3.22. The van der Waals surface area contributed by atoms with Crippen LogP contribution in [0.5, 0.6) is 0 Å². The van der Waals surface area contributed by atoms with Crippen molar-refractivity contribution in [3.8, 4) is 0 Å². The fraction of sp³-hybridized carbons (Fsp3) is 0.450. The minimum atomic E-state index is -0.908. The van der Waals surface area contributed by atoms with E-state index < -0.39 is 29.7 Å². The van der Waals surface area contributed by atoms with Crippen LogP contribution in [0.4, 0.5) is 0 Å². The molecule has 1 fully saturated rings. The van der Waals surface area contributed by atoms with E-state index in [4.69, 9.17) is 5.41 Å². The van der Waals surface area contributed by atoms with Gasteiger partial charge in [-0.2, -0.15) is 0 Å². The third kappa shape index (κ3) is 6.00. The van der Waals surface area contributed by atoms with Crippen molar-refractivity contribution < 1.29 is 19.2 Å². The molecule has 1 heterocycles. The van der Waals surface area contributed by atoms with Crippen LogP contribution in [-0.4, -0.2) is 53.2 Å². The van der Waals surface area contributed by atoms with Gasteiger partial charge in [-0.05, 0) is 24.8 Å². The normalized spacial score (nSPS) is 16.9. The highest BCUT2D eigenvalue weighted by Gasteiger charge is 2.34. The van der Waals surface area contributed by atoms with Crippen molar-refractivity contribution in [2.45, 2.75) is 51.2 Å². The Bertz CT molecular complexity index is 735. The number of likely N-dealkylation sites (tertiary alicyclic amines) is 1. The van der Waals surface area contributed by atoms with E-state index in [0.29, 0.717) is 25.7 Å². The number of nitrogens with one attached hydrogen (secondary N) is 3. The summed E-state index contributed by atoms with van der Waals surface area (Å²) in [5, 5.41) is 12.5. The lowest BCUT2D eigenvalue weighted by molar-refractivity contribution is -0.138. The minimum Gasteiger partial charge on any atom is -0.350 e. The highest BCUT2D eigenvalue weighted by molar-refractivity contribution is 6.26. The summed E-state index contributed by atoms with van der Waals surface area (Å²) in [5.74, 6) is -1.39. The molecule has 8 nitrogen and oxygen atoms in total. The topological polar surface area (TPSA) is 119 Å². The lowest BCUT2D eigenvalue weighted by Crippen LogP contribution is -2.52. The van der Waals surface area contributed by atoms with E-state index in [2.05, 4.69) is 10.6 Å². The first kappa shape index (κ1) is 21.3. The number of nitrogens with zero attached hydrogens (tertiary/aromatic N) is 1. The van der Waals surface area contributed by atoms with Gasteiger partial charge in [-0.25, -0.2) is 0 Å². The number of benzene rings is 1. The van der Waals surface area contributed by atoms with Crippen LogP contribution in [0.1, 0.15) is 38.2 Å². The Labute approximate surface area is 164 Å². The summed E-state index contributed by atoms with van der Waals surface area (Å²) in [7, 11) is 0. The summed E-state index contributed by atoms with van der Waals surface area (Å²) < 4.78 is 0. The zero-order valence-electron chi connectivity index (χ0n) is 15.9. The molecule has 1 aliphatic rings. The van der Waals surface area contributed by atoms with E-state index in [1.54, 1.807) is 0 Å². The second kappa shape index (κ2) is 10.3. The standard InChI is InChI=1S/C20H26N4O4/c1-14(25)24-11-5-8-18(24)20(28)23-17(10-9-16(26)12-21)19(27)22-13-15-6-3-2-4-7-15/h2-4,6-7,12,17-18,21H,5,8-11,13H2,1H3,(H,22,27)(H,23,28)/t17-,18-/m0/s1. The first-order valence-corrected chi connectivity index (χ1v) is 9.35. The number of hydrogen-bond acceptors (Lipinski definition) is 5. The zero-order chi connectivity index (χ0) is 20.5. The van der Waals surface area contributed by atoms with Crippen molar-refractivity contribution in [1.82, 2.24) is 15.5 Å². The highest BCUT2D eigenvalue weighted by atomic mass is 16.2. The van der Waals surface area contributed by atoms with Gasteiger partial charge in [-0.1, -0.05) is 30.3 Å². The van der Waals surface area contributed by atoms with Crippen LogP contribution in [0.3, 0.4) is 0 Å². The van der Waals surface area contributed by atoms with E-state index in [9.17, 15) is 19.2 Å². The van der Waals surface area contributed by atoms with Gasteiger partial charge in [0.15, 0.2) is 5.78 Å². The number of rotatable bonds is 9. The molecule has 0 radical (unpaired) electrons. The number of carbonyl (C=O) groups excluding carboxylic acids is 4. The third-order valence-electron chi connectivity index (χ3n) is 4.74. The summed E-state index contributed by atoms with van der Waals surface area (Å²) in [5.41, 5.74) is 0.912. The Hall–Kier alpha value is -3.03. The van der Waals surface area contributed by atoms with Crippen LogP contribution in [-0.2, 0) is 25.7 Å². The second-order valence-corrected chi connectivity index (χ2v) is 6.78. The largest absolute Gasteiger partial charge is 0.350 e. The average Bonchev–Trinajstić information content (AvgIpc) is 3.20. The van der Waals surface area contributed by atoms with E-state index in [1.807, 2.05) is 30.3 Å². The highest BCUT2D eigenvalue weighted by Crippen LogP contribution is 2.17. The van der Waals surface area contributed by atoms with Crippen molar-refractivity contribution in [3.63, 3.8) is 0 Å². The summed E-state index contributed by atoms with van der Waals surface area (Å²) in [4.78, 5) is 49.9. The summed E-state index contributed by atoms with van der Waals surface area (Å²) in [6.07, 6.45) is 2.05. The maximum Gasteiger partial charge on any atom is 0.243 e. The minimum absolute atomic E-state index is 0.0196. The quantitative estimate of drug-likeness (QED) is 0.544. The summed E-state index contributed by atoms with van der Waals surface area (Å²) in [6, 6.07) is 7.83. The van der Waals surface area contributed by atoms with Crippen molar-refractivity contribution >= 4 is 29.7 Å². The number of amides is 3. The molecule has 0 unspecified atom stereocenters. The van der Waals surface area contributed by atoms with Crippen LogP contribution in [0.2, 0.25) is 0 Å². The van der Waals surface area contributed by atoms with E-state index in [1.165, 1.54) is 11.8 Å². The molecule has 1 aliphatic heterocycles. The Balaban J connectivity index is 2.01. The number of ketones is 1. The molecule has 0 saturated carbocycles. The first-order valence-electron chi connectivity index (χ1n) is 9.35. The molecule has 150 valence electrons. The van der Waals surface area contributed by atoms with Gasteiger partial charge >= 0.3 is 0 Å². The van der Waals surface area contributed by atoms with Crippen molar-refractivity contribution in [3.05, 3.63) is 35.9 Å². The number of hydrogen-bond donors (Lipinski definition) is 3. The molecular weight excluding hydrogens is 360 g/mol. The molecule has 3 N–H and O–H groups in total.